The van der Waals surface area contributed by atoms with E-state index in [-0.39, 0.29) is 0 Å². The molecule has 4 nitrogen and oxygen atoms in total. The smallest absolute Gasteiger partial charge is 0.398 e. The lowest BCUT2D eigenvalue weighted by molar-refractivity contribution is -0.122. The Labute approximate surface area is 102 Å². The van der Waals surface area contributed by atoms with Crippen molar-refractivity contribution in [3.05, 3.63) is 23.3 Å². The van der Waals surface area contributed by atoms with Gasteiger partial charge >= 0.3 is 12.2 Å². The maximum Gasteiger partial charge on any atom is 0.405 e. The van der Waals surface area contributed by atoms with Gasteiger partial charge in [-0.15, -0.1) is 0 Å². The number of amides is 2. The molecule has 0 atom stereocenters. The Kier molecular flexibility index (Phi) is 4.05. The highest BCUT2D eigenvalue weighted by atomic mass is 19.4. The van der Waals surface area contributed by atoms with E-state index in [1.165, 1.54) is 6.07 Å². The third kappa shape index (κ3) is 4.15. The third-order valence-corrected chi connectivity index (χ3v) is 2.31. The minimum absolute atomic E-state index is 0.387. The molecule has 0 aromatic heterocycles. The minimum Gasteiger partial charge on any atom is -0.398 e. The number of nitrogen functional groups attached to an aromatic ring is 1. The lowest BCUT2D eigenvalue weighted by Gasteiger charge is -2.13. The number of rotatable bonds is 2. The molecule has 18 heavy (non-hydrogen) atoms. The standard InChI is InChI=1S/C11H14F3N3O/c1-6-3-7(2)9(4-8(6)15)17-10(18)16-5-11(12,13)14/h3-4H,5,15H2,1-2H3,(H2,16,17,18). The number of nitrogens with one attached hydrogen (secondary N) is 2. The summed E-state index contributed by atoms with van der Waals surface area (Å²) in [6.07, 6.45) is -4.43. The Balaban J connectivity index is 2.68. The van der Waals surface area contributed by atoms with Crippen molar-refractivity contribution in [2.75, 3.05) is 17.6 Å². The zero-order chi connectivity index (χ0) is 13.9. The Morgan fingerprint density at radius 1 is 1.28 bits per heavy atom. The highest BCUT2D eigenvalue weighted by Crippen LogP contribution is 2.22. The van der Waals surface area contributed by atoms with E-state index in [0.717, 1.165) is 11.1 Å². The first-order chi connectivity index (χ1) is 8.19. The second-order valence-electron chi connectivity index (χ2n) is 3.95. The summed E-state index contributed by atoms with van der Waals surface area (Å²) in [6.45, 7) is 2.15. The predicted octanol–water partition coefficient (Wildman–Crippen LogP) is 2.57. The fraction of sp³-hybridized carbons (Fsp3) is 0.364. The molecule has 0 unspecified atom stereocenters. The van der Waals surface area contributed by atoms with E-state index >= 15 is 0 Å². The maximum atomic E-state index is 11.9. The first-order valence-corrected chi connectivity index (χ1v) is 5.17. The number of alkyl halides is 3. The summed E-state index contributed by atoms with van der Waals surface area (Å²) in [7, 11) is 0. The summed E-state index contributed by atoms with van der Waals surface area (Å²) in [5, 5.41) is 4.04. The molecular weight excluding hydrogens is 247 g/mol. The molecule has 0 radical (unpaired) electrons. The lowest BCUT2D eigenvalue weighted by Crippen LogP contribution is -2.36. The van der Waals surface area contributed by atoms with Crippen LogP contribution in [-0.2, 0) is 0 Å². The van der Waals surface area contributed by atoms with E-state index in [0.29, 0.717) is 11.4 Å². The van der Waals surface area contributed by atoms with Crippen molar-refractivity contribution in [2.45, 2.75) is 20.0 Å². The molecule has 1 rings (SSSR count). The fourth-order valence-electron chi connectivity index (χ4n) is 1.35. The summed E-state index contributed by atoms with van der Waals surface area (Å²) < 4.78 is 35.7. The van der Waals surface area contributed by atoms with E-state index < -0.39 is 18.8 Å². The zero-order valence-electron chi connectivity index (χ0n) is 9.98. The van der Waals surface area contributed by atoms with Crippen LogP contribution in [0.25, 0.3) is 0 Å². The van der Waals surface area contributed by atoms with Crippen LogP contribution in [-0.4, -0.2) is 18.8 Å². The number of anilines is 2. The number of benzene rings is 1. The summed E-state index contributed by atoms with van der Waals surface area (Å²) in [5.41, 5.74) is 8.08. The second kappa shape index (κ2) is 5.16. The van der Waals surface area contributed by atoms with Gasteiger partial charge in [-0.05, 0) is 31.0 Å². The Bertz CT molecular complexity index is 458. The van der Waals surface area contributed by atoms with Crippen LogP contribution in [0.4, 0.5) is 29.3 Å². The van der Waals surface area contributed by atoms with Crippen molar-refractivity contribution in [2.24, 2.45) is 0 Å². The minimum atomic E-state index is -4.43. The molecular formula is C11H14F3N3O. The molecule has 7 heteroatoms. The molecule has 0 bridgehead atoms. The molecule has 1 aromatic carbocycles. The van der Waals surface area contributed by atoms with Gasteiger partial charge in [-0.2, -0.15) is 13.2 Å². The Morgan fingerprint density at radius 2 is 1.89 bits per heavy atom. The summed E-state index contributed by atoms with van der Waals surface area (Å²) in [5.74, 6) is 0. The van der Waals surface area contributed by atoms with E-state index in [1.807, 2.05) is 0 Å². The molecule has 0 saturated heterocycles. The van der Waals surface area contributed by atoms with Crippen molar-refractivity contribution in [1.29, 1.82) is 0 Å². The van der Waals surface area contributed by atoms with Crippen LogP contribution in [0.1, 0.15) is 11.1 Å². The van der Waals surface area contributed by atoms with E-state index in [4.69, 9.17) is 5.73 Å². The van der Waals surface area contributed by atoms with Crippen LogP contribution < -0.4 is 16.4 Å². The quantitative estimate of drug-likeness (QED) is 0.716. The number of carbonyl (C=O) groups is 1. The van der Waals surface area contributed by atoms with E-state index in [2.05, 4.69) is 5.32 Å². The van der Waals surface area contributed by atoms with Gasteiger partial charge < -0.3 is 16.4 Å². The molecule has 0 aliphatic heterocycles. The van der Waals surface area contributed by atoms with E-state index in [1.54, 1.807) is 25.2 Å². The van der Waals surface area contributed by atoms with Crippen molar-refractivity contribution >= 4 is 17.4 Å². The van der Waals surface area contributed by atoms with Gasteiger partial charge in [-0.3, -0.25) is 0 Å². The van der Waals surface area contributed by atoms with Gasteiger partial charge in [0.2, 0.25) is 0 Å². The van der Waals surface area contributed by atoms with Crippen LogP contribution >= 0.6 is 0 Å². The summed E-state index contributed by atoms with van der Waals surface area (Å²) >= 11 is 0. The average molecular weight is 261 g/mol. The van der Waals surface area contributed by atoms with Crippen molar-refractivity contribution in [1.82, 2.24) is 5.32 Å². The Hall–Kier alpha value is -1.92. The first kappa shape index (κ1) is 14.1. The molecule has 1 aromatic rings. The number of halogens is 3. The van der Waals surface area contributed by atoms with Crippen molar-refractivity contribution in [3.63, 3.8) is 0 Å². The van der Waals surface area contributed by atoms with Crippen LogP contribution in [0.3, 0.4) is 0 Å². The van der Waals surface area contributed by atoms with Gasteiger partial charge in [-0.1, -0.05) is 6.07 Å². The van der Waals surface area contributed by atoms with Crippen LogP contribution in [0.5, 0.6) is 0 Å². The summed E-state index contributed by atoms with van der Waals surface area (Å²) in [6, 6.07) is 2.34. The Morgan fingerprint density at radius 3 is 2.44 bits per heavy atom. The average Bonchev–Trinajstić information content (AvgIpc) is 2.22. The van der Waals surface area contributed by atoms with Gasteiger partial charge in [0.05, 0.1) is 0 Å². The van der Waals surface area contributed by atoms with Gasteiger partial charge in [0.25, 0.3) is 0 Å². The monoisotopic (exact) mass is 261 g/mol. The zero-order valence-corrected chi connectivity index (χ0v) is 9.98. The van der Waals surface area contributed by atoms with Gasteiger partial charge in [0.1, 0.15) is 6.54 Å². The molecule has 0 fully saturated rings. The lowest BCUT2D eigenvalue weighted by atomic mass is 10.1. The first-order valence-electron chi connectivity index (χ1n) is 5.17. The van der Waals surface area contributed by atoms with Crippen molar-refractivity contribution < 1.29 is 18.0 Å². The molecule has 100 valence electrons. The molecule has 0 spiro atoms. The second-order valence-corrected chi connectivity index (χ2v) is 3.95. The number of carbonyl (C=O) groups excluding carboxylic acids is 1. The number of nitrogens with two attached hydrogens (primary N) is 1. The highest BCUT2D eigenvalue weighted by molar-refractivity contribution is 5.90. The third-order valence-electron chi connectivity index (χ3n) is 2.31. The molecule has 0 saturated carbocycles. The number of hydrogen-bond acceptors (Lipinski definition) is 2. The summed E-state index contributed by atoms with van der Waals surface area (Å²) in [4.78, 5) is 11.2. The van der Waals surface area contributed by atoms with Gasteiger partial charge in [0.15, 0.2) is 0 Å². The molecule has 4 N–H and O–H groups in total. The number of hydrogen-bond donors (Lipinski definition) is 3. The highest BCUT2D eigenvalue weighted by Gasteiger charge is 2.27. The molecule has 0 heterocycles. The van der Waals surface area contributed by atoms with Gasteiger partial charge in [0, 0.05) is 11.4 Å². The van der Waals surface area contributed by atoms with Crippen molar-refractivity contribution in [3.8, 4) is 0 Å². The largest absolute Gasteiger partial charge is 0.405 e. The molecule has 0 aliphatic carbocycles. The molecule has 0 aliphatic rings. The van der Waals surface area contributed by atoms with Crippen LogP contribution in [0.2, 0.25) is 0 Å². The fourth-order valence-corrected chi connectivity index (χ4v) is 1.35. The van der Waals surface area contributed by atoms with Gasteiger partial charge in [-0.25, -0.2) is 4.79 Å². The number of urea groups is 1. The SMILES string of the molecule is Cc1cc(C)c(NC(=O)NCC(F)(F)F)cc1N. The number of aryl methyl sites for hydroxylation is 2. The van der Waals surface area contributed by atoms with E-state index in [9.17, 15) is 18.0 Å². The van der Waals surface area contributed by atoms with Crippen LogP contribution in [0, 0.1) is 13.8 Å². The normalized spacial score (nSPS) is 11.2. The molecule has 2 amide bonds. The predicted molar refractivity (Wildman–Crippen MR) is 63.4 cm³/mol. The topological polar surface area (TPSA) is 67.2 Å². The maximum absolute atomic E-state index is 11.9. The van der Waals surface area contributed by atoms with Crippen LogP contribution in [0.15, 0.2) is 12.1 Å².